The zero-order chi connectivity index (χ0) is 24.7. The fourth-order valence-corrected chi connectivity index (χ4v) is 6.76. The highest BCUT2D eigenvalue weighted by Gasteiger charge is 2.47. The fraction of sp³-hybridized carbons (Fsp3) is 0.393. The van der Waals surface area contributed by atoms with E-state index < -0.39 is 0 Å². The summed E-state index contributed by atoms with van der Waals surface area (Å²) in [6.07, 6.45) is 14.1. The predicted octanol–water partition coefficient (Wildman–Crippen LogP) is 4.94. The van der Waals surface area contributed by atoms with Gasteiger partial charge in [-0.05, 0) is 50.0 Å². The second-order valence-electron chi connectivity index (χ2n) is 10.1. The molecule has 8 heteroatoms. The average Bonchev–Trinajstić information content (AvgIpc) is 3.27. The Kier molecular flexibility index (Phi) is 5.99. The number of rotatable bonds is 4. The van der Waals surface area contributed by atoms with Crippen molar-refractivity contribution in [1.29, 1.82) is 0 Å². The summed E-state index contributed by atoms with van der Waals surface area (Å²) in [5.41, 5.74) is 2.59. The van der Waals surface area contributed by atoms with E-state index in [1.807, 2.05) is 31.3 Å². The smallest absolute Gasteiger partial charge is 0.340 e. The van der Waals surface area contributed by atoms with Crippen molar-refractivity contribution in [3.05, 3.63) is 77.1 Å². The van der Waals surface area contributed by atoms with Crippen LogP contribution in [-0.4, -0.2) is 56.9 Å². The second-order valence-corrected chi connectivity index (χ2v) is 11.3. The van der Waals surface area contributed by atoms with E-state index in [-0.39, 0.29) is 17.3 Å². The van der Waals surface area contributed by atoms with Crippen molar-refractivity contribution in [1.82, 2.24) is 15.2 Å². The van der Waals surface area contributed by atoms with Crippen LogP contribution in [0.3, 0.4) is 0 Å². The van der Waals surface area contributed by atoms with Crippen LogP contribution in [0.2, 0.25) is 0 Å². The highest BCUT2D eigenvalue weighted by Crippen LogP contribution is 2.41. The van der Waals surface area contributed by atoms with Gasteiger partial charge < -0.3 is 15.3 Å². The van der Waals surface area contributed by atoms with Crippen molar-refractivity contribution < 1.29 is 14.1 Å². The summed E-state index contributed by atoms with van der Waals surface area (Å²) in [7, 11) is 0. The van der Waals surface area contributed by atoms with Crippen LogP contribution in [0.25, 0.3) is 10.4 Å². The van der Waals surface area contributed by atoms with Crippen molar-refractivity contribution >= 4 is 22.9 Å². The lowest BCUT2D eigenvalue weighted by Gasteiger charge is -2.42. The Morgan fingerprint density at radius 3 is 2.94 bits per heavy atom. The molecular weight excluding hydrogens is 473 g/mol. The predicted molar refractivity (Wildman–Crippen MR) is 142 cm³/mol. The molecule has 0 amide bonds. The van der Waals surface area contributed by atoms with Gasteiger partial charge >= 0.3 is 5.90 Å². The highest BCUT2D eigenvalue weighted by atomic mass is 32.1. The van der Waals surface area contributed by atoms with Crippen molar-refractivity contribution in [3.8, 4) is 10.4 Å². The van der Waals surface area contributed by atoms with E-state index in [1.165, 1.54) is 6.07 Å². The Hall–Kier alpha value is -3.26. The molecule has 2 aromatic rings. The van der Waals surface area contributed by atoms with Crippen molar-refractivity contribution in [2.24, 2.45) is 10.4 Å². The first-order valence-corrected chi connectivity index (χ1v) is 13.5. The van der Waals surface area contributed by atoms with Gasteiger partial charge in [0.2, 0.25) is 0 Å². The molecular formula is C28H31FN5OS+. The molecule has 1 atom stereocenters. The maximum atomic E-state index is 13.9. The number of allylic oxidation sites excluding steroid dienone is 2. The molecule has 6 nitrogen and oxygen atoms in total. The molecule has 4 aliphatic rings. The summed E-state index contributed by atoms with van der Waals surface area (Å²) in [6.45, 7) is 5.04. The first-order chi connectivity index (χ1) is 17.5. The molecule has 6 rings (SSSR count). The van der Waals surface area contributed by atoms with Crippen LogP contribution >= 0.6 is 11.3 Å². The van der Waals surface area contributed by atoms with Gasteiger partial charge in [-0.1, -0.05) is 30.4 Å². The van der Waals surface area contributed by atoms with Crippen molar-refractivity contribution in [2.45, 2.75) is 45.2 Å². The highest BCUT2D eigenvalue weighted by molar-refractivity contribution is 7.15. The Labute approximate surface area is 214 Å². The van der Waals surface area contributed by atoms with Gasteiger partial charge in [0.15, 0.2) is 6.54 Å². The number of hydrogen-bond acceptors (Lipinski definition) is 5. The van der Waals surface area contributed by atoms with Gasteiger partial charge in [-0.15, -0.1) is 11.3 Å². The molecule has 1 aromatic heterocycles. The first-order valence-electron chi connectivity index (χ1n) is 12.7. The molecule has 0 radical (unpaired) electrons. The van der Waals surface area contributed by atoms with Crippen molar-refractivity contribution in [3.63, 3.8) is 0 Å². The summed E-state index contributed by atoms with van der Waals surface area (Å²) in [4.78, 5) is 13.0. The van der Waals surface area contributed by atoms with Gasteiger partial charge in [0.1, 0.15) is 23.9 Å². The van der Waals surface area contributed by atoms with Gasteiger partial charge in [-0.3, -0.25) is 0 Å². The molecule has 36 heavy (non-hydrogen) atoms. The van der Waals surface area contributed by atoms with Gasteiger partial charge in [0, 0.05) is 25.7 Å². The molecule has 4 heterocycles. The van der Waals surface area contributed by atoms with E-state index in [0.29, 0.717) is 12.4 Å². The van der Waals surface area contributed by atoms with Crippen LogP contribution < -0.4 is 5.32 Å². The molecule has 186 valence electrons. The number of aliphatic hydroxyl groups is 1. The number of aliphatic hydroxyl groups excluding tert-OH is 1. The number of aliphatic imine (C=N–C) groups is 1. The molecule has 1 saturated heterocycles. The molecule has 1 aromatic carbocycles. The Morgan fingerprint density at radius 1 is 1.25 bits per heavy atom. The molecule has 1 aliphatic carbocycles. The van der Waals surface area contributed by atoms with Crippen LogP contribution in [0.1, 0.15) is 36.4 Å². The van der Waals surface area contributed by atoms with E-state index in [1.54, 1.807) is 23.5 Å². The van der Waals surface area contributed by atoms with Gasteiger partial charge in [0.05, 0.1) is 27.1 Å². The van der Waals surface area contributed by atoms with E-state index in [0.717, 1.165) is 78.0 Å². The van der Waals surface area contributed by atoms with Crippen LogP contribution in [-0.2, 0) is 6.54 Å². The number of halogens is 1. The molecule has 1 fully saturated rings. The maximum absolute atomic E-state index is 13.9. The summed E-state index contributed by atoms with van der Waals surface area (Å²) in [5.74, 6) is 1.22. The SMILES string of the molecule is Cc1nc(C[N+]2=C(O)C3(CCC2)CCN(C2=CNC4C=CC=CC4=N2)CC3)c(-c2cccc(F)c2)s1. The average molecular weight is 505 g/mol. The van der Waals surface area contributed by atoms with E-state index in [2.05, 4.69) is 26.9 Å². The lowest BCUT2D eigenvalue weighted by Crippen LogP contribution is -2.50. The zero-order valence-corrected chi connectivity index (χ0v) is 21.3. The van der Waals surface area contributed by atoms with E-state index in [4.69, 9.17) is 9.98 Å². The number of benzene rings is 1. The Bertz CT molecular complexity index is 1330. The zero-order valence-electron chi connectivity index (χ0n) is 20.5. The van der Waals surface area contributed by atoms with Crippen LogP contribution in [0, 0.1) is 18.2 Å². The minimum absolute atomic E-state index is 0.158. The van der Waals surface area contributed by atoms with Crippen LogP contribution in [0.15, 0.2) is 65.6 Å². The van der Waals surface area contributed by atoms with Crippen LogP contribution in [0.5, 0.6) is 0 Å². The third-order valence-electron chi connectivity index (χ3n) is 7.77. The first kappa shape index (κ1) is 23.2. The van der Waals surface area contributed by atoms with Crippen molar-refractivity contribution in [2.75, 3.05) is 19.6 Å². The fourth-order valence-electron chi connectivity index (χ4n) is 5.84. The minimum Gasteiger partial charge on any atom is -0.463 e. The number of hydrogen-bond donors (Lipinski definition) is 2. The largest absolute Gasteiger partial charge is 0.463 e. The normalized spacial score (nSPS) is 22.8. The number of nitrogens with zero attached hydrogens (tertiary/aromatic N) is 4. The lowest BCUT2D eigenvalue weighted by molar-refractivity contribution is -0.562. The molecule has 1 spiro atoms. The summed E-state index contributed by atoms with van der Waals surface area (Å²) >= 11 is 1.58. The number of aryl methyl sites for hydroxylation is 1. The van der Waals surface area contributed by atoms with Gasteiger partial charge in [0.25, 0.3) is 0 Å². The molecule has 3 aliphatic heterocycles. The lowest BCUT2D eigenvalue weighted by atomic mass is 9.73. The molecule has 0 saturated carbocycles. The number of thiazole rings is 1. The number of piperidine rings is 1. The van der Waals surface area contributed by atoms with Gasteiger partial charge in [-0.2, -0.15) is 4.58 Å². The summed E-state index contributed by atoms with van der Waals surface area (Å²) < 4.78 is 16.0. The minimum atomic E-state index is -0.248. The third-order valence-corrected chi connectivity index (χ3v) is 8.83. The van der Waals surface area contributed by atoms with E-state index in [9.17, 15) is 9.50 Å². The summed E-state index contributed by atoms with van der Waals surface area (Å²) in [6, 6.07) is 6.85. The summed E-state index contributed by atoms with van der Waals surface area (Å²) in [5, 5.41) is 15.9. The second kappa shape index (κ2) is 9.32. The third kappa shape index (κ3) is 4.28. The number of nitrogens with one attached hydrogen (secondary N) is 1. The number of aromatic nitrogens is 1. The molecule has 2 N–H and O–H groups in total. The quantitative estimate of drug-likeness (QED) is 0.579. The number of likely N-dealkylation sites (tertiary alicyclic amines) is 1. The maximum Gasteiger partial charge on any atom is 0.340 e. The Balaban J connectivity index is 1.20. The monoisotopic (exact) mass is 504 g/mol. The standard InChI is InChI=1S/C28H30FN5OS/c1-19-31-24(26(36-19)20-6-4-7-21(29)16-20)18-34-13-5-10-28(27(34)35)11-14-33(15-12-28)25-17-30-22-8-2-3-9-23(22)32-25/h2-4,6-9,16-17,22,30H,5,10-15,18H2,1H3/p+1. The van der Waals surface area contributed by atoms with E-state index >= 15 is 0 Å². The molecule has 1 unspecified atom stereocenters. The van der Waals surface area contributed by atoms with Crippen LogP contribution in [0.4, 0.5) is 4.39 Å². The number of fused-ring (bicyclic) bond motifs is 1. The molecule has 0 bridgehead atoms. The topological polar surface area (TPSA) is 63.8 Å². The Morgan fingerprint density at radius 2 is 2.11 bits per heavy atom. The van der Waals surface area contributed by atoms with Gasteiger partial charge in [-0.25, -0.2) is 14.4 Å².